The highest BCUT2D eigenvalue weighted by Gasteiger charge is 2.14. The van der Waals surface area contributed by atoms with Crippen LogP contribution in [0.4, 0.5) is 4.39 Å². The molecule has 0 atom stereocenters. The molecular formula is C21H26FN3O2S. The first-order valence-electron chi connectivity index (χ1n) is 9.88. The molecule has 150 valence electrons. The van der Waals surface area contributed by atoms with Crippen LogP contribution >= 0.6 is 11.3 Å². The van der Waals surface area contributed by atoms with Crippen molar-refractivity contribution in [3.8, 4) is 10.6 Å². The van der Waals surface area contributed by atoms with E-state index >= 15 is 0 Å². The lowest BCUT2D eigenvalue weighted by molar-refractivity contribution is -0.128. The highest BCUT2D eigenvalue weighted by Crippen LogP contribution is 2.27. The number of rotatable bonds is 7. The Kier molecular flexibility index (Phi) is 7.54. The van der Waals surface area contributed by atoms with Gasteiger partial charge in [0.1, 0.15) is 10.8 Å². The molecule has 0 aliphatic heterocycles. The lowest BCUT2D eigenvalue weighted by atomic mass is 9.86. The normalized spacial score (nSPS) is 14.6. The maximum atomic E-state index is 13.0. The summed E-state index contributed by atoms with van der Waals surface area (Å²) >= 11 is 1.40. The molecule has 28 heavy (non-hydrogen) atoms. The molecule has 1 aromatic carbocycles. The van der Waals surface area contributed by atoms with Crippen molar-refractivity contribution in [2.24, 2.45) is 5.92 Å². The van der Waals surface area contributed by atoms with Crippen LogP contribution in [0.1, 0.15) is 57.1 Å². The highest BCUT2D eigenvalue weighted by molar-refractivity contribution is 7.13. The number of nitrogens with zero attached hydrogens (tertiary/aromatic N) is 1. The lowest BCUT2D eigenvalue weighted by Crippen LogP contribution is -2.42. The maximum Gasteiger partial charge on any atom is 0.244 e. The van der Waals surface area contributed by atoms with E-state index in [1.54, 1.807) is 17.5 Å². The van der Waals surface area contributed by atoms with Gasteiger partial charge in [0.05, 0.1) is 12.1 Å². The number of benzene rings is 1. The van der Waals surface area contributed by atoms with E-state index in [1.165, 1.54) is 55.6 Å². The Morgan fingerprint density at radius 2 is 1.79 bits per heavy atom. The van der Waals surface area contributed by atoms with Crippen LogP contribution in [0.15, 0.2) is 29.6 Å². The molecule has 0 spiro atoms. The summed E-state index contributed by atoms with van der Waals surface area (Å²) in [6.45, 7) is 0. The molecule has 2 N–H and O–H groups in total. The van der Waals surface area contributed by atoms with Crippen molar-refractivity contribution in [1.29, 1.82) is 0 Å². The molecule has 3 rings (SSSR count). The summed E-state index contributed by atoms with van der Waals surface area (Å²) in [6.07, 6.45) is 9.00. The standard InChI is InChI=1S/C21H26FN3O2S/c22-17-11-9-16(10-12-17)21-23-18(14-28-21)13-20(27)25-24-19(26)8-4-7-15-5-2-1-3-6-15/h9-12,14-15H,1-8,13H2,(H,24,26)(H,25,27). The third-order valence-electron chi connectivity index (χ3n) is 5.07. The second-order valence-electron chi connectivity index (χ2n) is 7.32. The minimum absolute atomic E-state index is 0.0834. The third kappa shape index (κ3) is 6.41. The Morgan fingerprint density at radius 3 is 2.54 bits per heavy atom. The first kappa shape index (κ1) is 20.5. The monoisotopic (exact) mass is 403 g/mol. The topological polar surface area (TPSA) is 71.1 Å². The van der Waals surface area contributed by atoms with Gasteiger partial charge in [-0.2, -0.15) is 0 Å². The molecule has 1 fully saturated rings. The fraction of sp³-hybridized carbons (Fsp3) is 0.476. The Labute approximate surface area is 168 Å². The van der Waals surface area contributed by atoms with Crippen molar-refractivity contribution in [3.05, 3.63) is 41.2 Å². The van der Waals surface area contributed by atoms with Gasteiger partial charge in [0, 0.05) is 17.4 Å². The second-order valence-corrected chi connectivity index (χ2v) is 8.18. The largest absolute Gasteiger partial charge is 0.273 e. The number of amides is 2. The number of hydrogen-bond acceptors (Lipinski definition) is 4. The van der Waals surface area contributed by atoms with Gasteiger partial charge >= 0.3 is 0 Å². The van der Waals surface area contributed by atoms with Crippen LogP contribution in [0.3, 0.4) is 0 Å². The van der Waals surface area contributed by atoms with Gasteiger partial charge in [-0.25, -0.2) is 9.37 Å². The molecule has 0 saturated heterocycles. The van der Waals surface area contributed by atoms with Crippen molar-refractivity contribution in [1.82, 2.24) is 15.8 Å². The molecule has 7 heteroatoms. The number of thiazole rings is 1. The molecule has 1 aliphatic carbocycles. The molecule has 1 aliphatic rings. The van der Waals surface area contributed by atoms with Gasteiger partial charge in [-0.3, -0.25) is 20.4 Å². The summed E-state index contributed by atoms with van der Waals surface area (Å²) in [6, 6.07) is 6.08. The first-order valence-corrected chi connectivity index (χ1v) is 10.8. The van der Waals surface area contributed by atoms with E-state index in [2.05, 4.69) is 15.8 Å². The number of halogens is 1. The Hall–Kier alpha value is -2.28. The average Bonchev–Trinajstić information content (AvgIpc) is 3.16. The van der Waals surface area contributed by atoms with Gasteiger partial charge in [-0.1, -0.05) is 32.1 Å². The van der Waals surface area contributed by atoms with E-state index in [4.69, 9.17) is 0 Å². The molecule has 1 saturated carbocycles. The number of hydrogen-bond donors (Lipinski definition) is 2. The summed E-state index contributed by atoms with van der Waals surface area (Å²) in [5.41, 5.74) is 6.36. The van der Waals surface area contributed by atoms with Crippen molar-refractivity contribution in [3.63, 3.8) is 0 Å². The minimum atomic E-state index is -0.309. The van der Waals surface area contributed by atoms with Crippen LogP contribution in [-0.2, 0) is 16.0 Å². The smallest absolute Gasteiger partial charge is 0.244 e. The number of hydrazine groups is 1. The van der Waals surface area contributed by atoms with E-state index in [1.807, 2.05) is 0 Å². The summed E-state index contributed by atoms with van der Waals surface area (Å²) in [7, 11) is 0. The number of carbonyl (C=O) groups excluding carboxylic acids is 2. The molecule has 0 unspecified atom stereocenters. The highest BCUT2D eigenvalue weighted by atomic mass is 32.1. The fourth-order valence-electron chi connectivity index (χ4n) is 3.55. The third-order valence-corrected chi connectivity index (χ3v) is 6.01. The summed E-state index contributed by atoms with van der Waals surface area (Å²) in [4.78, 5) is 28.3. The molecule has 2 aromatic rings. The SMILES string of the molecule is O=C(CCCC1CCCCC1)NNC(=O)Cc1csc(-c2ccc(F)cc2)n1. The van der Waals surface area contributed by atoms with Gasteiger partial charge in [0.25, 0.3) is 0 Å². The number of aromatic nitrogens is 1. The molecule has 1 aromatic heterocycles. The predicted octanol–water partition coefficient (Wildman–Crippen LogP) is 4.39. The zero-order chi connectivity index (χ0) is 19.8. The van der Waals surface area contributed by atoms with E-state index in [9.17, 15) is 14.0 Å². The van der Waals surface area contributed by atoms with Crippen LogP contribution in [0.2, 0.25) is 0 Å². The van der Waals surface area contributed by atoms with Gasteiger partial charge in [-0.15, -0.1) is 11.3 Å². The van der Waals surface area contributed by atoms with Gasteiger partial charge in [0.2, 0.25) is 11.8 Å². The van der Waals surface area contributed by atoms with Crippen molar-refractivity contribution in [2.45, 2.75) is 57.8 Å². The second kappa shape index (κ2) is 10.3. The molecule has 0 bridgehead atoms. The molecule has 2 amide bonds. The van der Waals surface area contributed by atoms with Crippen molar-refractivity contribution < 1.29 is 14.0 Å². The van der Waals surface area contributed by atoms with E-state index < -0.39 is 0 Å². The fourth-order valence-corrected chi connectivity index (χ4v) is 4.38. The lowest BCUT2D eigenvalue weighted by Gasteiger charge is -2.21. The zero-order valence-corrected chi connectivity index (χ0v) is 16.7. The van der Waals surface area contributed by atoms with Crippen molar-refractivity contribution in [2.75, 3.05) is 0 Å². The summed E-state index contributed by atoms with van der Waals surface area (Å²) < 4.78 is 13.0. The Morgan fingerprint density at radius 1 is 1.07 bits per heavy atom. The van der Waals surface area contributed by atoms with Crippen LogP contribution in [0.5, 0.6) is 0 Å². The predicted molar refractivity (Wildman–Crippen MR) is 108 cm³/mol. The zero-order valence-electron chi connectivity index (χ0n) is 15.9. The van der Waals surface area contributed by atoms with E-state index in [-0.39, 0.29) is 24.1 Å². The van der Waals surface area contributed by atoms with E-state index in [0.29, 0.717) is 12.1 Å². The van der Waals surface area contributed by atoms with Gasteiger partial charge < -0.3 is 0 Å². The van der Waals surface area contributed by atoms with Gasteiger partial charge in [-0.05, 0) is 43.0 Å². The van der Waals surface area contributed by atoms with Crippen LogP contribution in [0.25, 0.3) is 10.6 Å². The Balaban J connectivity index is 1.36. The summed E-state index contributed by atoms with van der Waals surface area (Å²) in [5, 5.41) is 2.53. The molecular weight excluding hydrogens is 377 g/mol. The van der Waals surface area contributed by atoms with Crippen LogP contribution in [0, 0.1) is 11.7 Å². The van der Waals surface area contributed by atoms with Crippen LogP contribution < -0.4 is 10.9 Å². The van der Waals surface area contributed by atoms with E-state index in [0.717, 1.165) is 29.3 Å². The first-order chi connectivity index (χ1) is 13.6. The quantitative estimate of drug-likeness (QED) is 0.674. The number of nitrogens with one attached hydrogen (secondary N) is 2. The minimum Gasteiger partial charge on any atom is -0.273 e. The molecule has 0 radical (unpaired) electrons. The van der Waals surface area contributed by atoms with Gasteiger partial charge in [0.15, 0.2) is 0 Å². The van der Waals surface area contributed by atoms with Crippen LogP contribution in [-0.4, -0.2) is 16.8 Å². The molecule has 5 nitrogen and oxygen atoms in total. The number of carbonyl (C=O) groups is 2. The maximum absolute atomic E-state index is 13.0. The summed E-state index contributed by atoms with van der Waals surface area (Å²) in [5.74, 6) is -0.00322. The Bertz CT molecular complexity index is 785. The molecule has 1 heterocycles. The average molecular weight is 404 g/mol. The van der Waals surface area contributed by atoms with Crippen molar-refractivity contribution >= 4 is 23.2 Å².